The Kier molecular flexibility index (Phi) is 6.18. The number of benzene rings is 2. The van der Waals surface area contributed by atoms with Crippen LogP contribution in [0, 0.1) is 0 Å². The van der Waals surface area contributed by atoms with Crippen LogP contribution >= 0.6 is 11.6 Å². The topological polar surface area (TPSA) is 61.4 Å². The number of piperazine rings is 1. The molecule has 4 rings (SSSR count). The van der Waals surface area contributed by atoms with Crippen LogP contribution in [0.5, 0.6) is 0 Å². The number of amides is 2. The highest BCUT2D eigenvalue weighted by molar-refractivity contribution is 6.30. The molecule has 2 aromatic carbocycles. The van der Waals surface area contributed by atoms with Gasteiger partial charge in [-0.15, -0.1) is 10.2 Å². The summed E-state index contributed by atoms with van der Waals surface area (Å²) in [5.74, 6) is 0.695. The third-order valence-corrected chi connectivity index (χ3v) is 5.37. The van der Waals surface area contributed by atoms with E-state index in [9.17, 15) is 18.0 Å². The maximum atomic E-state index is 12.9. The van der Waals surface area contributed by atoms with E-state index in [1.54, 1.807) is 17.0 Å². The molecule has 0 atom stereocenters. The number of anilines is 2. The summed E-state index contributed by atoms with van der Waals surface area (Å²) in [5.41, 5.74) is 0.936. The van der Waals surface area contributed by atoms with E-state index in [-0.39, 0.29) is 5.69 Å². The maximum absolute atomic E-state index is 12.9. The monoisotopic (exact) mass is 461 g/mol. The number of urea groups is 1. The van der Waals surface area contributed by atoms with E-state index >= 15 is 0 Å². The van der Waals surface area contributed by atoms with Crippen molar-refractivity contribution in [2.45, 2.75) is 6.18 Å². The predicted octanol–water partition coefficient (Wildman–Crippen LogP) is 5.17. The molecule has 2 heterocycles. The third kappa shape index (κ3) is 5.11. The van der Waals surface area contributed by atoms with Gasteiger partial charge < -0.3 is 15.1 Å². The van der Waals surface area contributed by atoms with E-state index < -0.39 is 17.8 Å². The molecule has 0 aliphatic carbocycles. The molecule has 32 heavy (non-hydrogen) atoms. The van der Waals surface area contributed by atoms with Gasteiger partial charge in [0.05, 0.1) is 11.3 Å². The van der Waals surface area contributed by atoms with E-state index in [0.717, 1.165) is 23.4 Å². The molecule has 166 valence electrons. The Morgan fingerprint density at radius 3 is 2.28 bits per heavy atom. The van der Waals surface area contributed by atoms with Gasteiger partial charge in [0.1, 0.15) is 0 Å². The number of carbonyl (C=O) groups excluding carboxylic acids is 1. The van der Waals surface area contributed by atoms with E-state index in [2.05, 4.69) is 15.5 Å². The number of hydrogen-bond acceptors (Lipinski definition) is 4. The fourth-order valence-electron chi connectivity index (χ4n) is 3.38. The van der Waals surface area contributed by atoms with Gasteiger partial charge >= 0.3 is 12.2 Å². The first-order valence-electron chi connectivity index (χ1n) is 9.87. The molecule has 0 radical (unpaired) electrons. The number of rotatable bonds is 3. The zero-order valence-corrected chi connectivity index (χ0v) is 17.6. The summed E-state index contributed by atoms with van der Waals surface area (Å²) in [6.45, 7) is 1.88. The summed E-state index contributed by atoms with van der Waals surface area (Å²) in [5, 5.41) is 11.7. The van der Waals surface area contributed by atoms with Crippen molar-refractivity contribution in [1.29, 1.82) is 0 Å². The smallest absolute Gasteiger partial charge is 0.352 e. The van der Waals surface area contributed by atoms with Crippen molar-refractivity contribution in [3.8, 4) is 11.3 Å². The van der Waals surface area contributed by atoms with Crippen LogP contribution in [0.25, 0.3) is 11.3 Å². The van der Waals surface area contributed by atoms with Gasteiger partial charge in [-0.2, -0.15) is 13.2 Å². The quantitative estimate of drug-likeness (QED) is 0.584. The van der Waals surface area contributed by atoms with Crippen molar-refractivity contribution in [3.63, 3.8) is 0 Å². The number of aromatic nitrogens is 2. The number of nitrogens with one attached hydrogen (secondary N) is 1. The Hall–Kier alpha value is -3.33. The molecule has 6 nitrogen and oxygen atoms in total. The van der Waals surface area contributed by atoms with Crippen molar-refractivity contribution in [3.05, 3.63) is 71.2 Å². The van der Waals surface area contributed by atoms with Crippen LogP contribution in [0.15, 0.2) is 60.7 Å². The molecule has 0 saturated carbocycles. The molecule has 0 bridgehead atoms. The largest absolute Gasteiger partial charge is 0.416 e. The summed E-state index contributed by atoms with van der Waals surface area (Å²) < 4.78 is 38.6. The van der Waals surface area contributed by atoms with Gasteiger partial charge in [-0.1, -0.05) is 29.8 Å². The van der Waals surface area contributed by atoms with Gasteiger partial charge in [0.15, 0.2) is 5.82 Å². The molecule has 1 aliphatic heterocycles. The van der Waals surface area contributed by atoms with Gasteiger partial charge in [0.25, 0.3) is 0 Å². The third-order valence-electron chi connectivity index (χ3n) is 5.12. The zero-order valence-electron chi connectivity index (χ0n) is 16.8. The lowest BCUT2D eigenvalue weighted by atomic mass is 10.1. The van der Waals surface area contributed by atoms with Gasteiger partial charge in [0.2, 0.25) is 0 Å². The Morgan fingerprint density at radius 2 is 1.66 bits per heavy atom. The second-order valence-electron chi connectivity index (χ2n) is 7.27. The first-order chi connectivity index (χ1) is 15.3. The minimum atomic E-state index is -4.46. The lowest BCUT2D eigenvalue weighted by molar-refractivity contribution is -0.137. The normalized spacial score (nSPS) is 14.4. The highest BCUT2D eigenvalue weighted by Crippen LogP contribution is 2.30. The van der Waals surface area contributed by atoms with E-state index in [1.165, 1.54) is 12.1 Å². The average Bonchev–Trinajstić information content (AvgIpc) is 2.79. The number of nitrogens with zero attached hydrogens (tertiary/aromatic N) is 4. The SMILES string of the molecule is O=C(Nc1cccc(C(F)(F)F)c1)N1CCN(c2ccc(-c3ccc(Cl)cc3)nn2)CC1. The molecule has 1 fully saturated rings. The van der Waals surface area contributed by atoms with Crippen molar-refractivity contribution >= 4 is 29.1 Å². The molecule has 0 spiro atoms. The second-order valence-corrected chi connectivity index (χ2v) is 7.70. The second kappa shape index (κ2) is 9.04. The van der Waals surface area contributed by atoms with E-state index in [1.807, 2.05) is 29.2 Å². The summed E-state index contributed by atoms with van der Waals surface area (Å²) in [4.78, 5) is 16.0. The molecular weight excluding hydrogens is 443 g/mol. The van der Waals surface area contributed by atoms with Crippen molar-refractivity contribution in [2.24, 2.45) is 0 Å². The van der Waals surface area contributed by atoms with Gasteiger partial charge in [-0.3, -0.25) is 0 Å². The summed E-state index contributed by atoms with van der Waals surface area (Å²) >= 11 is 5.91. The maximum Gasteiger partial charge on any atom is 0.416 e. The first kappa shape index (κ1) is 21.9. The van der Waals surface area contributed by atoms with Gasteiger partial charge in [-0.05, 0) is 42.5 Å². The Balaban J connectivity index is 1.34. The van der Waals surface area contributed by atoms with Crippen LogP contribution in [0.3, 0.4) is 0 Å². The predicted molar refractivity (Wildman–Crippen MR) is 117 cm³/mol. The average molecular weight is 462 g/mol. The standard InChI is InChI=1S/C22H19ClF3N5O/c23-17-6-4-15(5-7-17)19-8-9-20(29-28-19)30-10-12-31(13-11-30)21(32)27-18-3-1-2-16(14-18)22(24,25)26/h1-9,14H,10-13H2,(H,27,32). The number of hydrogen-bond donors (Lipinski definition) is 1. The lowest BCUT2D eigenvalue weighted by Crippen LogP contribution is -2.50. The highest BCUT2D eigenvalue weighted by Gasteiger charge is 2.30. The summed E-state index contributed by atoms with van der Waals surface area (Å²) in [7, 11) is 0. The molecular formula is C22H19ClF3N5O. The Morgan fingerprint density at radius 1 is 0.938 bits per heavy atom. The van der Waals surface area contributed by atoms with Crippen LogP contribution < -0.4 is 10.2 Å². The fraction of sp³-hybridized carbons (Fsp3) is 0.227. The minimum absolute atomic E-state index is 0.107. The van der Waals surface area contributed by atoms with Crippen LogP contribution in [0.2, 0.25) is 5.02 Å². The van der Waals surface area contributed by atoms with Gasteiger partial charge in [-0.25, -0.2) is 4.79 Å². The summed E-state index contributed by atoms with van der Waals surface area (Å²) in [6, 6.07) is 15.2. The molecule has 10 heteroatoms. The molecule has 1 aromatic heterocycles. The fourth-order valence-corrected chi connectivity index (χ4v) is 3.51. The first-order valence-corrected chi connectivity index (χ1v) is 10.3. The molecule has 2 amide bonds. The van der Waals surface area contributed by atoms with Crippen LogP contribution in [-0.2, 0) is 6.18 Å². The van der Waals surface area contributed by atoms with Crippen molar-refractivity contribution < 1.29 is 18.0 Å². The van der Waals surface area contributed by atoms with Crippen molar-refractivity contribution in [2.75, 3.05) is 36.4 Å². The van der Waals surface area contributed by atoms with E-state index in [0.29, 0.717) is 37.0 Å². The molecule has 3 aromatic rings. The number of carbonyl (C=O) groups is 1. The van der Waals surface area contributed by atoms with E-state index in [4.69, 9.17) is 11.6 Å². The Labute approximate surface area is 187 Å². The lowest BCUT2D eigenvalue weighted by Gasteiger charge is -2.35. The van der Waals surface area contributed by atoms with Crippen LogP contribution in [0.4, 0.5) is 29.5 Å². The summed E-state index contributed by atoms with van der Waals surface area (Å²) in [6.07, 6.45) is -4.46. The van der Waals surface area contributed by atoms with Crippen molar-refractivity contribution in [1.82, 2.24) is 15.1 Å². The number of halogens is 4. The minimum Gasteiger partial charge on any atom is -0.352 e. The molecule has 1 aliphatic rings. The highest BCUT2D eigenvalue weighted by atomic mass is 35.5. The zero-order chi connectivity index (χ0) is 22.7. The van der Waals surface area contributed by atoms with Gasteiger partial charge in [0, 0.05) is 42.5 Å². The molecule has 1 N–H and O–H groups in total. The molecule has 1 saturated heterocycles. The molecule has 0 unspecified atom stereocenters. The number of alkyl halides is 3. The van der Waals surface area contributed by atoms with Crippen LogP contribution in [0.1, 0.15) is 5.56 Å². The Bertz CT molecular complexity index is 1080. The van der Waals surface area contributed by atoms with Crippen LogP contribution in [-0.4, -0.2) is 47.3 Å².